The predicted octanol–water partition coefficient (Wildman–Crippen LogP) is -4.45. The standard InChI is InChI=1S/C14H23N3O8/c1-7(2)14(25)16-3-10(21)15-4-11(22)17-8(5-18)12(23)13(24)9(20)6-19/h5,8-9,12-13,19-20,23-24H,1,3-4,6H2,2H3,(H,15,21)(H,16,25)(H,17,22)/t8-,9+,12+,13-/m0/s1. The van der Waals surface area contributed by atoms with Crippen LogP contribution in [0.3, 0.4) is 0 Å². The molecule has 0 unspecified atom stereocenters. The number of carbonyl (C=O) groups is 4. The van der Waals surface area contributed by atoms with E-state index >= 15 is 0 Å². The summed E-state index contributed by atoms with van der Waals surface area (Å²) >= 11 is 0. The largest absolute Gasteiger partial charge is 0.394 e. The third kappa shape index (κ3) is 8.35. The average molecular weight is 361 g/mol. The molecule has 0 saturated carbocycles. The van der Waals surface area contributed by atoms with Gasteiger partial charge in [-0.25, -0.2) is 0 Å². The maximum absolute atomic E-state index is 11.6. The van der Waals surface area contributed by atoms with Gasteiger partial charge in [0.1, 0.15) is 30.6 Å². The lowest BCUT2D eigenvalue weighted by atomic mass is 10.0. The molecule has 0 aromatic rings. The van der Waals surface area contributed by atoms with E-state index in [1.807, 2.05) is 5.32 Å². The molecular formula is C14H23N3O8. The molecule has 0 heterocycles. The van der Waals surface area contributed by atoms with Crippen molar-refractivity contribution in [2.24, 2.45) is 0 Å². The van der Waals surface area contributed by atoms with E-state index in [0.29, 0.717) is 0 Å². The third-order valence-corrected chi connectivity index (χ3v) is 3.02. The molecular weight excluding hydrogens is 338 g/mol. The normalized spacial score (nSPS) is 15.2. The second-order valence-electron chi connectivity index (χ2n) is 5.20. The molecule has 0 radical (unpaired) electrons. The summed E-state index contributed by atoms with van der Waals surface area (Å²) in [6.07, 6.45) is -5.31. The van der Waals surface area contributed by atoms with Gasteiger partial charge in [0, 0.05) is 5.57 Å². The lowest BCUT2D eigenvalue weighted by Gasteiger charge is -2.26. The van der Waals surface area contributed by atoms with Gasteiger partial charge in [-0.1, -0.05) is 6.58 Å². The van der Waals surface area contributed by atoms with Crippen LogP contribution in [0, 0.1) is 0 Å². The van der Waals surface area contributed by atoms with Crippen LogP contribution in [0.1, 0.15) is 6.92 Å². The monoisotopic (exact) mass is 361 g/mol. The van der Waals surface area contributed by atoms with Crippen molar-refractivity contribution in [2.75, 3.05) is 19.7 Å². The summed E-state index contributed by atoms with van der Waals surface area (Å²) in [6, 6.07) is -1.57. The zero-order valence-electron chi connectivity index (χ0n) is 13.6. The SMILES string of the molecule is C=C(C)C(=O)NCC(=O)NCC(=O)N[C@@H](C=O)[C@@H](O)[C@@H](O)[C@H](O)CO. The molecule has 11 heteroatoms. The summed E-state index contributed by atoms with van der Waals surface area (Å²) in [5.74, 6) is -2.06. The minimum Gasteiger partial charge on any atom is -0.394 e. The summed E-state index contributed by atoms with van der Waals surface area (Å²) in [6.45, 7) is 3.03. The van der Waals surface area contributed by atoms with E-state index in [0.717, 1.165) is 0 Å². The number of amides is 3. The van der Waals surface area contributed by atoms with E-state index in [1.165, 1.54) is 6.92 Å². The van der Waals surface area contributed by atoms with Gasteiger partial charge in [-0.2, -0.15) is 0 Å². The Morgan fingerprint density at radius 3 is 2.08 bits per heavy atom. The van der Waals surface area contributed by atoms with Gasteiger partial charge in [0.15, 0.2) is 0 Å². The van der Waals surface area contributed by atoms with Crippen LogP contribution in [-0.2, 0) is 19.2 Å². The Labute approximate surface area is 143 Å². The van der Waals surface area contributed by atoms with Crippen molar-refractivity contribution >= 4 is 24.0 Å². The number of aliphatic hydroxyl groups is 4. The summed E-state index contributed by atoms with van der Waals surface area (Å²) in [5.41, 5.74) is 0.206. The topological polar surface area (TPSA) is 185 Å². The maximum atomic E-state index is 11.6. The molecule has 4 atom stereocenters. The first-order chi connectivity index (χ1) is 11.6. The number of carbonyl (C=O) groups excluding carboxylic acids is 4. The van der Waals surface area contributed by atoms with Gasteiger partial charge in [0.05, 0.1) is 19.7 Å². The van der Waals surface area contributed by atoms with Gasteiger partial charge < -0.3 is 41.2 Å². The van der Waals surface area contributed by atoms with Crippen LogP contribution in [0.5, 0.6) is 0 Å². The third-order valence-electron chi connectivity index (χ3n) is 3.02. The van der Waals surface area contributed by atoms with E-state index < -0.39 is 55.2 Å². The molecule has 0 saturated heterocycles. The molecule has 3 amide bonds. The zero-order chi connectivity index (χ0) is 19.6. The van der Waals surface area contributed by atoms with Crippen LogP contribution in [0.15, 0.2) is 12.2 Å². The highest BCUT2D eigenvalue weighted by Crippen LogP contribution is 2.03. The van der Waals surface area contributed by atoms with Crippen molar-refractivity contribution in [3.63, 3.8) is 0 Å². The molecule has 0 aliphatic carbocycles. The van der Waals surface area contributed by atoms with Crippen molar-refractivity contribution in [3.8, 4) is 0 Å². The molecule has 0 aromatic heterocycles. The second kappa shape index (κ2) is 11.3. The molecule has 0 aliphatic rings. The molecule has 11 nitrogen and oxygen atoms in total. The fourth-order valence-electron chi connectivity index (χ4n) is 1.54. The Hall–Kier alpha value is -2.34. The smallest absolute Gasteiger partial charge is 0.246 e. The minimum atomic E-state index is -1.87. The van der Waals surface area contributed by atoms with Crippen LogP contribution in [0.4, 0.5) is 0 Å². The number of nitrogens with one attached hydrogen (secondary N) is 3. The average Bonchev–Trinajstić information content (AvgIpc) is 2.59. The summed E-state index contributed by atoms with van der Waals surface area (Å²) in [4.78, 5) is 45.2. The first-order valence-electron chi connectivity index (χ1n) is 7.24. The minimum absolute atomic E-state index is 0.130. The highest BCUT2D eigenvalue weighted by atomic mass is 16.4. The van der Waals surface area contributed by atoms with Crippen LogP contribution >= 0.6 is 0 Å². The van der Waals surface area contributed by atoms with E-state index in [4.69, 9.17) is 5.11 Å². The zero-order valence-corrected chi connectivity index (χ0v) is 13.6. The van der Waals surface area contributed by atoms with Crippen LogP contribution in [-0.4, -0.2) is 88.5 Å². The van der Waals surface area contributed by atoms with Crippen molar-refractivity contribution in [1.29, 1.82) is 0 Å². The molecule has 0 rings (SSSR count). The molecule has 0 fully saturated rings. The summed E-state index contributed by atoms with van der Waals surface area (Å²) in [5, 5.41) is 43.5. The summed E-state index contributed by atoms with van der Waals surface area (Å²) in [7, 11) is 0. The van der Waals surface area contributed by atoms with Gasteiger partial charge in [0.2, 0.25) is 17.7 Å². The van der Waals surface area contributed by atoms with Gasteiger partial charge >= 0.3 is 0 Å². The van der Waals surface area contributed by atoms with Crippen molar-refractivity contribution in [3.05, 3.63) is 12.2 Å². The number of aldehydes is 1. The van der Waals surface area contributed by atoms with Gasteiger partial charge in [-0.3, -0.25) is 14.4 Å². The lowest BCUT2D eigenvalue weighted by molar-refractivity contribution is -0.131. The summed E-state index contributed by atoms with van der Waals surface area (Å²) < 4.78 is 0. The molecule has 142 valence electrons. The lowest BCUT2D eigenvalue weighted by Crippen LogP contribution is -2.55. The van der Waals surface area contributed by atoms with Crippen LogP contribution in [0.2, 0.25) is 0 Å². The molecule has 25 heavy (non-hydrogen) atoms. The molecule has 0 bridgehead atoms. The Morgan fingerprint density at radius 2 is 1.60 bits per heavy atom. The highest BCUT2D eigenvalue weighted by molar-refractivity contribution is 5.95. The van der Waals surface area contributed by atoms with Crippen molar-refractivity contribution in [1.82, 2.24) is 16.0 Å². The highest BCUT2D eigenvalue weighted by Gasteiger charge is 2.31. The van der Waals surface area contributed by atoms with Gasteiger partial charge in [0.25, 0.3) is 0 Å². The fourth-order valence-corrected chi connectivity index (χ4v) is 1.54. The van der Waals surface area contributed by atoms with Gasteiger partial charge in [-0.15, -0.1) is 0 Å². The van der Waals surface area contributed by atoms with Crippen molar-refractivity contribution in [2.45, 2.75) is 31.3 Å². The molecule has 7 N–H and O–H groups in total. The van der Waals surface area contributed by atoms with Crippen LogP contribution < -0.4 is 16.0 Å². The Bertz CT molecular complexity index is 510. The van der Waals surface area contributed by atoms with Gasteiger partial charge in [-0.05, 0) is 6.92 Å². The second-order valence-corrected chi connectivity index (χ2v) is 5.20. The first-order valence-corrected chi connectivity index (χ1v) is 7.24. The van der Waals surface area contributed by atoms with Crippen molar-refractivity contribution < 1.29 is 39.6 Å². The fraction of sp³-hybridized carbons (Fsp3) is 0.571. The number of rotatable bonds is 11. The first kappa shape index (κ1) is 22.7. The number of hydrogen-bond donors (Lipinski definition) is 7. The van der Waals surface area contributed by atoms with E-state index in [-0.39, 0.29) is 18.4 Å². The molecule has 0 spiro atoms. The predicted molar refractivity (Wildman–Crippen MR) is 83.9 cm³/mol. The van der Waals surface area contributed by atoms with Crippen LogP contribution in [0.25, 0.3) is 0 Å². The van der Waals surface area contributed by atoms with E-state index in [1.54, 1.807) is 0 Å². The maximum Gasteiger partial charge on any atom is 0.246 e. The Kier molecular flexibility index (Phi) is 10.2. The molecule has 0 aromatic carbocycles. The van der Waals surface area contributed by atoms with E-state index in [9.17, 15) is 34.5 Å². The number of hydrogen-bond acceptors (Lipinski definition) is 8. The Balaban J connectivity index is 4.38. The van der Waals surface area contributed by atoms with E-state index in [2.05, 4.69) is 17.2 Å². The quantitative estimate of drug-likeness (QED) is 0.142. The molecule has 0 aliphatic heterocycles. The number of aliphatic hydroxyl groups excluding tert-OH is 4. The Morgan fingerprint density at radius 1 is 1.04 bits per heavy atom.